The summed E-state index contributed by atoms with van der Waals surface area (Å²) in [6, 6.07) is 11.5. The third-order valence-electron chi connectivity index (χ3n) is 3.97. The van der Waals surface area contributed by atoms with Gasteiger partial charge in [-0.15, -0.1) is 0 Å². The minimum Gasteiger partial charge on any atom is -0.468 e. The number of halogens is 1. The van der Waals surface area contributed by atoms with Gasteiger partial charge in [-0.25, -0.2) is 9.37 Å². The van der Waals surface area contributed by atoms with Crippen LogP contribution in [0.15, 0.2) is 52.4 Å². The van der Waals surface area contributed by atoms with Gasteiger partial charge in [0.25, 0.3) is 5.56 Å². The fourth-order valence-corrected chi connectivity index (χ4v) is 3.47. The van der Waals surface area contributed by atoms with E-state index in [1.807, 2.05) is 0 Å². The number of hydrogen-bond donors (Lipinski definition) is 0. The highest BCUT2D eigenvalue weighted by atomic mass is 32.2. The van der Waals surface area contributed by atoms with Crippen molar-refractivity contribution in [1.82, 2.24) is 9.55 Å². The second-order valence-corrected chi connectivity index (χ2v) is 7.08. The van der Waals surface area contributed by atoms with Crippen LogP contribution in [0.5, 0.6) is 0 Å². The minimum atomic E-state index is -0.574. The van der Waals surface area contributed by atoms with Crippen LogP contribution in [0.2, 0.25) is 0 Å². The average molecular weight is 372 g/mol. The zero-order valence-electron chi connectivity index (χ0n) is 14.5. The molecular formula is C19H17FN2O3S. The fourth-order valence-electron chi connectivity index (χ4n) is 2.51. The van der Waals surface area contributed by atoms with Gasteiger partial charge in [0, 0.05) is 0 Å². The second kappa shape index (κ2) is 7.29. The minimum absolute atomic E-state index is 0.301. The predicted molar refractivity (Wildman–Crippen MR) is 99.4 cm³/mol. The van der Waals surface area contributed by atoms with Crippen LogP contribution in [-0.2, 0) is 9.53 Å². The third-order valence-corrected chi connectivity index (χ3v) is 5.00. The number of aryl methyl sites for hydroxylation is 1. The van der Waals surface area contributed by atoms with Crippen molar-refractivity contribution in [3.8, 4) is 5.69 Å². The Balaban J connectivity index is 2.25. The van der Waals surface area contributed by atoms with E-state index < -0.39 is 17.0 Å². The molecule has 0 spiro atoms. The van der Waals surface area contributed by atoms with E-state index >= 15 is 0 Å². The number of benzene rings is 2. The Bertz CT molecular complexity index is 1050. The van der Waals surface area contributed by atoms with Crippen molar-refractivity contribution in [2.24, 2.45) is 0 Å². The first kappa shape index (κ1) is 18.1. The smallest absolute Gasteiger partial charge is 0.318 e. The van der Waals surface area contributed by atoms with Crippen LogP contribution < -0.4 is 5.56 Å². The van der Waals surface area contributed by atoms with Crippen molar-refractivity contribution < 1.29 is 13.9 Å². The van der Waals surface area contributed by atoms with Crippen molar-refractivity contribution in [2.75, 3.05) is 7.11 Å². The second-order valence-electron chi connectivity index (χ2n) is 5.77. The lowest BCUT2D eigenvalue weighted by Crippen LogP contribution is -2.24. The summed E-state index contributed by atoms with van der Waals surface area (Å²) in [5, 5.41) is 0.146. The van der Waals surface area contributed by atoms with Gasteiger partial charge in [0.1, 0.15) is 11.1 Å². The summed E-state index contributed by atoms with van der Waals surface area (Å²) in [6.45, 7) is 3.31. The number of esters is 1. The lowest BCUT2D eigenvalue weighted by atomic mass is 10.2. The summed E-state index contributed by atoms with van der Waals surface area (Å²) in [5.41, 5.74) is 1.03. The highest BCUT2D eigenvalue weighted by molar-refractivity contribution is 8.00. The van der Waals surface area contributed by atoms with Crippen LogP contribution in [0, 0.1) is 12.7 Å². The van der Waals surface area contributed by atoms with E-state index in [0.29, 0.717) is 27.3 Å². The molecule has 0 aliphatic carbocycles. The number of hydrogen-bond acceptors (Lipinski definition) is 5. The third kappa shape index (κ3) is 3.35. The first-order chi connectivity index (χ1) is 12.4. The lowest BCUT2D eigenvalue weighted by molar-refractivity contribution is -0.139. The number of fused-ring (bicyclic) bond motifs is 1. The average Bonchev–Trinajstić information content (AvgIpc) is 2.64. The molecule has 3 rings (SSSR count). The highest BCUT2D eigenvalue weighted by Gasteiger charge is 2.21. The van der Waals surface area contributed by atoms with Crippen LogP contribution in [-0.4, -0.2) is 27.9 Å². The van der Waals surface area contributed by atoms with Crippen molar-refractivity contribution >= 4 is 28.6 Å². The number of methoxy groups -OCH3 is 1. The van der Waals surface area contributed by atoms with Gasteiger partial charge < -0.3 is 4.74 Å². The largest absolute Gasteiger partial charge is 0.468 e. The molecule has 1 aromatic heterocycles. The molecule has 0 bridgehead atoms. The SMILES string of the molecule is COC(=O)[C@H](C)Sc1nc2ccccc2c(=O)n1-c1ccc(C)c(F)c1. The monoisotopic (exact) mass is 372 g/mol. The molecule has 0 saturated carbocycles. The predicted octanol–water partition coefficient (Wildman–Crippen LogP) is 3.49. The standard InChI is InChI=1S/C19H17FN2O3S/c1-11-8-9-13(10-15(11)20)22-17(23)14-6-4-5-7-16(14)21-19(22)26-12(2)18(24)25-3/h4-10,12H,1-3H3/t12-/m0/s1. The normalized spacial score (nSPS) is 12.2. The Morgan fingerprint density at radius 3 is 2.69 bits per heavy atom. The Kier molecular flexibility index (Phi) is 5.08. The first-order valence-corrected chi connectivity index (χ1v) is 8.83. The van der Waals surface area contributed by atoms with Gasteiger partial charge in [-0.3, -0.25) is 14.2 Å². The molecule has 1 atom stereocenters. The number of aromatic nitrogens is 2. The van der Waals surface area contributed by atoms with Crippen LogP contribution in [0.1, 0.15) is 12.5 Å². The van der Waals surface area contributed by atoms with Gasteiger partial charge in [0.2, 0.25) is 0 Å². The maximum absolute atomic E-state index is 14.1. The molecule has 0 unspecified atom stereocenters. The molecule has 0 aliphatic heterocycles. The fraction of sp³-hybridized carbons (Fsp3) is 0.211. The molecule has 0 aliphatic rings. The number of rotatable bonds is 4. The zero-order valence-corrected chi connectivity index (χ0v) is 15.3. The molecule has 0 radical (unpaired) electrons. The molecule has 1 heterocycles. The van der Waals surface area contributed by atoms with Crippen molar-refractivity contribution in [3.63, 3.8) is 0 Å². The molecule has 0 saturated heterocycles. The summed E-state index contributed by atoms with van der Waals surface area (Å²) in [7, 11) is 1.30. The topological polar surface area (TPSA) is 61.2 Å². The van der Waals surface area contributed by atoms with E-state index in [1.54, 1.807) is 50.2 Å². The number of nitrogens with zero attached hydrogens (tertiary/aromatic N) is 2. The molecule has 0 fully saturated rings. The van der Waals surface area contributed by atoms with Gasteiger partial charge >= 0.3 is 5.97 Å². The van der Waals surface area contributed by atoms with Gasteiger partial charge in [-0.2, -0.15) is 0 Å². The van der Waals surface area contributed by atoms with Crippen LogP contribution >= 0.6 is 11.8 Å². The van der Waals surface area contributed by atoms with Crippen LogP contribution in [0.3, 0.4) is 0 Å². The van der Waals surface area contributed by atoms with E-state index in [1.165, 1.54) is 17.7 Å². The molecule has 7 heteroatoms. The van der Waals surface area contributed by atoms with Crippen molar-refractivity contribution in [2.45, 2.75) is 24.3 Å². The van der Waals surface area contributed by atoms with Crippen molar-refractivity contribution in [3.05, 3.63) is 64.2 Å². The van der Waals surface area contributed by atoms with E-state index in [2.05, 4.69) is 4.98 Å². The maximum atomic E-state index is 14.1. The summed E-state index contributed by atoms with van der Waals surface area (Å²) in [4.78, 5) is 29.3. The summed E-state index contributed by atoms with van der Waals surface area (Å²) >= 11 is 1.09. The molecule has 0 amide bonds. The summed E-state index contributed by atoms with van der Waals surface area (Å²) in [6.07, 6.45) is 0. The number of carbonyl (C=O) groups is 1. The first-order valence-electron chi connectivity index (χ1n) is 7.95. The maximum Gasteiger partial charge on any atom is 0.318 e. The molecule has 2 aromatic carbocycles. The van der Waals surface area contributed by atoms with E-state index in [-0.39, 0.29) is 5.56 Å². The van der Waals surface area contributed by atoms with E-state index in [9.17, 15) is 14.0 Å². The van der Waals surface area contributed by atoms with Crippen molar-refractivity contribution in [1.29, 1.82) is 0 Å². The molecule has 5 nitrogen and oxygen atoms in total. The van der Waals surface area contributed by atoms with Gasteiger partial charge in [0.15, 0.2) is 5.16 Å². The van der Waals surface area contributed by atoms with E-state index in [0.717, 1.165) is 11.8 Å². The number of para-hydroxylation sites is 1. The zero-order chi connectivity index (χ0) is 18.8. The quantitative estimate of drug-likeness (QED) is 0.399. The van der Waals surface area contributed by atoms with Gasteiger partial charge in [0.05, 0.1) is 23.7 Å². The van der Waals surface area contributed by atoms with Gasteiger partial charge in [-0.1, -0.05) is 30.0 Å². The molecule has 0 N–H and O–H groups in total. The lowest BCUT2D eigenvalue weighted by Gasteiger charge is -2.15. The summed E-state index contributed by atoms with van der Waals surface area (Å²) in [5.74, 6) is -0.849. The number of carbonyl (C=O) groups excluding carboxylic acids is 1. The Morgan fingerprint density at radius 1 is 1.27 bits per heavy atom. The van der Waals surface area contributed by atoms with E-state index in [4.69, 9.17) is 4.74 Å². The summed E-state index contributed by atoms with van der Waals surface area (Å²) < 4.78 is 20.1. The molecule has 134 valence electrons. The molecular weight excluding hydrogens is 355 g/mol. The van der Waals surface area contributed by atoms with Crippen LogP contribution in [0.25, 0.3) is 16.6 Å². The number of ether oxygens (including phenoxy) is 1. The molecule has 3 aromatic rings. The Hall–Kier alpha value is -2.67. The Labute approximate surface area is 153 Å². The number of thioether (sulfide) groups is 1. The van der Waals surface area contributed by atoms with Crippen LogP contribution in [0.4, 0.5) is 4.39 Å². The Morgan fingerprint density at radius 2 is 2.00 bits per heavy atom. The highest BCUT2D eigenvalue weighted by Crippen LogP contribution is 2.26. The van der Waals surface area contributed by atoms with Gasteiger partial charge in [-0.05, 0) is 43.7 Å². The molecule has 26 heavy (non-hydrogen) atoms.